The summed E-state index contributed by atoms with van der Waals surface area (Å²) in [5, 5.41) is 10.1. The van der Waals surface area contributed by atoms with Gasteiger partial charge in [0.1, 0.15) is 12.2 Å². The first-order valence-electron chi connectivity index (χ1n) is 5.64. The van der Waals surface area contributed by atoms with Crippen LogP contribution >= 0.6 is 0 Å². The van der Waals surface area contributed by atoms with Gasteiger partial charge < -0.3 is 14.6 Å². The fourth-order valence-corrected chi connectivity index (χ4v) is 1.71. The van der Waals surface area contributed by atoms with Crippen LogP contribution in [0.15, 0.2) is 24.3 Å². The van der Waals surface area contributed by atoms with E-state index in [-0.39, 0.29) is 12.2 Å². The highest BCUT2D eigenvalue weighted by Crippen LogP contribution is 2.22. The quantitative estimate of drug-likeness (QED) is 0.844. The van der Waals surface area contributed by atoms with Crippen molar-refractivity contribution < 1.29 is 14.6 Å². The largest absolute Gasteiger partial charge is 0.386 e. The Morgan fingerprint density at radius 3 is 2.44 bits per heavy atom. The molecule has 0 bridgehead atoms. The Morgan fingerprint density at radius 2 is 1.94 bits per heavy atom. The van der Waals surface area contributed by atoms with Crippen molar-refractivity contribution in [1.82, 2.24) is 0 Å². The molecule has 3 nitrogen and oxygen atoms in total. The van der Waals surface area contributed by atoms with Crippen molar-refractivity contribution in [2.45, 2.75) is 32.2 Å². The third-order valence-corrected chi connectivity index (χ3v) is 2.88. The van der Waals surface area contributed by atoms with E-state index < -0.39 is 6.10 Å². The molecule has 1 aromatic carbocycles. The van der Waals surface area contributed by atoms with Crippen molar-refractivity contribution in [3.05, 3.63) is 35.4 Å². The van der Waals surface area contributed by atoms with Gasteiger partial charge in [-0.05, 0) is 19.4 Å². The lowest BCUT2D eigenvalue weighted by atomic mass is 10.0. The van der Waals surface area contributed by atoms with Crippen molar-refractivity contribution >= 4 is 0 Å². The van der Waals surface area contributed by atoms with E-state index in [1.807, 2.05) is 38.1 Å². The van der Waals surface area contributed by atoms with Crippen LogP contribution in [0, 0.1) is 6.92 Å². The zero-order chi connectivity index (χ0) is 11.5. The smallest absolute Gasteiger partial charge is 0.105 e. The number of hydrogen-bond acceptors (Lipinski definition) is 3. The Morgan fingerprint density at radius 1 is 1.31 bits per heavy atom. The molecule has 1 N–H and O–H groups in total. The van der Waals surface area contributed by atoms with Crippen LogP contribution in [0.5, 0.6) is 0 Å². The molecule has 1 aliphatic heterocycles. The van der Waals surface area contributed by atoms with Crippen LogP contribution in [0.4, 0.5) is 0 Å². The van der Waals surface area contributed by atoms with Gasteiger partial charge in [0, 0.05) is 0 Å². The molecule has 1 aromatic rings. The second kappa shape index (κ2) is 4.95. The first-order chi connectivity index (χ1) is 7.66. The average Bonchev–Trinajstić information content (AvgIpc) is 2.23. The lowest BCUT2D eigenvalue weighted by Gasteiger charge is -2.31. The molecule has 0 spiro atoms. The van der Waals surface area contributed by atoms with E-state index in [4.69, 9.17) is 9.47 Å². The maximum absolute atomic E-state index is 10.1. The molecule has 16 heavy (non-hydrogen) atoms. The van der Waals surface area contributed by atoms with Gasteiger partial charge >= 0.3 is 0 Å². The maximum atomic E-state index is 10.1. The molecule has 0 amide bonds. The second-order valence-corrected chi connectivity index (χ2v) is 4.36. The summed E-state index contributed by atoms with van der Waals surface area (Å²) in [6.45, 7) is 5.21. The molecule has 2 unspecified atom stereocenters. The summed E-state index contributed by atoms with van der Waals surface area (Å²) in [4.78, 5) is 0. The van der Waals surface area contributed by atoms with Crippen LogP contribution in [-0.4, -0.2) is 30.5 Å². The Bertz CT molecular complexity index is 330. The lowest BCUT2D eigenvalue weighted by Crippen LogP contribution is -2.39. The molecule has 0 aromatic heterocycles. The zero-order valence-electron chi connectivity index (χ0n) is 9.72. The fourth-order valence-electron chi connectivity index (χ4n) is 1.71. The fraction of sp³-hybridized carbons (Fsp3) is 0.538. The zero-order valence-corrected chi connectivity index (χ0v) is 9.72. The van der Waals surface area contributed by atoms with E-state index in [9.17, 15) is 5.11 Å². The van der Waals surface area contributed by atoms with E-state index in [0.29, 0.717) is 13.2 Å². The van der Waals surface area contributed by atoms with E-state index in [2.05, 4.69) is 0 Å². The van der Waals surface area contributed by atoms with Gasteiger partial charge in [0.25, 0.3) is 0 Å². The summed E-state index contributed by atoms with van der Waals surface area (Å²) < 4.78 is 10.7. The molecule has 0 radical (unpaired) electrons. The second-order valence-electron chi connectivity index (χ2n) is 4.36. The monoisotopic (exact) mass is 222 g/mol. The molecule has 1 fully saturated rings. The van der Waals surface area contributed by atoms with Gasteiger partial charge in [0.2, 0.25) is 0 Å². The molecule has 2 atom stereocenters. The van der Waals surface area contributed by atoms with Crippen molar-refractivity contribution in [2.75, 3.05) is 13.2 Å². The van der Waals surface area contributed by atoms with E-state index >= 15 is 0 Å². The summed E-state index contributed by atoms with van der Waals surface area (Å²) in [5.74, 6) is 0. The van der Waals surface area contributed by atoms with Crippen LogP contribution in [0.1, 0.15) is 24.2 Å². The van der Waals surface area contributed by atoms with Gasteiger partial charge in [-0.1, -0.05) is 29.8 Å². The minimum Gasteiger partial charge on any atom is -0.386 e. The van der Waals surface area contributed by atoms with Crippen LogP contribution in [0.3, 0.4) is 0 Å². The van der Waals surface area contributed by atoms with Crippen molar-refractivity contribution in [2.24, 2.45) is 0 Å². The molecular weight excluding hydrogens is 204 g/mol. The molecule has 2 rings (SSSR count). The number of aliphatic hydroxyl groups is 1. The predicted molar refractivity (Wildman–Crippen MR) is 61.3 cm³/mol. The topological polar surface area (TPSA) is 38.7 Å². The molecule has 1 aliphatic rings. The Labute approximate surface area is 96.0 Å². The van der Waals surface area contributed by atoms with Crippen LogP contribution in [-0.2, 0) is 9.47 Å². The van der Waals surface area contributed by atoms with Gasteiger partial charge in [-0.3, -0.25) is 0 Å². The number of aliphatic hydroxyl groups excluding tert-OH is 1. The van der Waals surface area contributed by atoms with Crippen molar-refractivity contribution in [3.8, 4) is 0 Å². The van der Waals surface area contributed by atoms with Crippen LogP contribution in [0.25, 0.3) is 0 Å². The molecule has 1 heterocycles. The standard InChI is InChI=1S/C13H18O3/c1-9-3-5-11(6-4-9)13(14)10(2)16-12-7-15-8-12/h3-6,10,12-14H,7-8H2,1-2H3. The number of hydrogen-bond donors (Lipinski definition) is 1. The minimum absolute atomic E-state index is 0.148. The lowest BCUT2D eigenvalue weighted by molar-refractivity contribution is -0.171. The van der Waals surface area contributed by atoms with Crippen molar-refractivity contribution in [1.29, 1.82) is 0 Å². The van der Waals surface area contributed by atoms with Gasteiger partial charge in [0.15, 0.2) is 0 Å². The van der Waals surface area contributed by atoms with E-state index in [0.717, 1.165) is 5.56 Å². The highest BCUT2D eigenvalue weighted by molar-refractivity contribution is 5.23. The number of ether oxygens (including phenoxy) is 2. The first-order valence-corrected chi connectivity index (χ1v) is 5.64. The van der Waals surface area contributed by atoms with Crippen LogP contribution in [0.2, 0.25) is 0 Å². The van der Waals surface area contributed by atoms with Gasteiger partial charge in [-0.2, -0.15) is 0 Å². The molecule has 0 aliphatic carbocycles. The summed E-state index contributed by atoms with van der Waals surface area (Å²) in [5.41, 5.74) is 2.09. The van der Waals surface area contributed by atoms with Gasteiger partial charge in [-0.15, -0.1) is 0 Å². The number of rotatable bonds is 4. The van der Waals surface area contributed by atoms with Gasteiger partial charge in [-0.25, -0.2) is 0 Å². The average molecular weight is 222 g/mol. The number of aryl methyl sites for hydroxylation is 1. The number of benzene rings is 1. The predicted octanol–water partition coefficient (Wildman–Crippen LogP) is 1.83. The molecule has 88 valence electrons. The highest BCUT2D eigenvalue weighted by atomic mass is 16.6. The Kier molecular flexibility index (Phi) is 3.59. The minimum atomic E-state index is -0.568. The SMILES string of the molecule is Cc1ccc(C(O)C(C)OC2COC2)cc1. The van der Waals surface area contributed by atoms with E-state index in [1.54, 1.807) is 0 Å². The first kappa shape index (κ1) is 11.6. The third-order valence-electron chi connectivity index (χ3n) is 2.88. The van der Waals surface area contributed by atoms with Crippen LogP contribution < -0.4 is 0 Å². The summed E-state index contributed by atoms with van der Waals surface area (Å²) in [6.07, 6.45) is -0.618. The molecule has 1 saturated heterocycles. The summed E-state index contributed by atoms with van der Waals surface area (Å²) in [7, 11) is 0. The van der Waals surface area contributed by atoms with Crippen molar-refractivity contribution in [3.63, 3.8) is 0 Å². The summed E-state index contributed by atoms with van der Waals surface area (Å²) >= 11 is 0. The molecule has 0 saturated carbocycles. The maximum Gasteiger partial charge on any atom is 0.105 e. The highest BCUT2D eigenvalue weighted by Gasteiger charge is 2.25. The third kappa shape index (κ3) is 2.61. The Hall–Kier alpha value is -0.900. The van der Waals surface area contributed by atoms with E-state index in [1.165, 1.54) is 5.56 Å². The van der Waals surface area contributed by atoms with Gasteiger partial charge in [0.05, 0.1) is 19.3 Å². The molecule has 3 heteroatoms. The summed E-state index contributed by atoms with van der Waals surface area (Å²) in [6, 6.07) is 7.88. The molecular formula is C13H18O3. The normalized spacial score (nSPS) is 20.2. The Balaban J connectivity index is 1.94.